The molecule has 98 valence electrons. The number of carbonyl (C=O) groups is 1. The lowest BCUT2D eigenvalue weighted by molar-refractivity contribution is 0.0696. The second-order valence-electron chi connectivity index (χ2n) is 5.07. The Morgan fingerprint density at radius 3 is 2.72 bits per heavy atom. The molecule has 0 aromatic heterocycles. The maximum Gasteiger partial charge on any atom is 0.335 e. The standard InChI is InChI=1S/C14H18BrNO2/c1-10-4-6-16(7-5-10)9-12-8-11(14(17)18)2-3-13(12)15/h2-3,8,10H,4-7,9H2,1H3,(H,17,18). The monoisotopic (exact) mass is 311 g/mol. The Bertz CT molecular complexity index is 439. The summed E-state index contributed by atoms with van der Waals surface area (Å²) in [6.45, 7) is 5.32. The van der Waals surface area contributed by atoms with Crippen molar-refractivity contribution in [2.75, 3.05) is 13.1 Å². The summed E-state index contributed by atoms with van der Waals surface area (Å²) in [5.74, 6) is -0.0499. The fraction of sp³-hybridized carbons (Fsp3) is 0.500. The van der Waals surface area contributed by atoms with E-state index in [1.165, 1.54) is 12.8 Å². The van der Waals surface area contributed by atoms with Crippen molar-refractivity contribution in [3.05, 3.63) is 33.8 Å². The Morgan fingerprint density at radius 1 is 1.44 bits per heavy atom. The number of piperidine rings is 1. The van der Waals surface area contributed by atoms with Gasteiger partial charge >= 0.3 is 5.97 Å². The molecule has 0 aliphatic carbocycles. The zero-order chi connectivity index (χ0) is 13.1. The lowest BCUT2D eigenvalue weighted by Crippen LogP contribution is -2.32. The third kappa shape index (κ3) is 3.33. The highest BCUT2D eigenvalue weighted by Crippen LogP contribution is 2.23. The molecular formula is C14H18BrNO2. The molecule has 1 aliphatic rings. The van der Waals surface area contributed by atoms with E-state index in [0.717, 1.165) is 35.6 Å². The fourth-order valence-electron chi connectivity index (χ4n) is 2.29. The number of carboxylic acids is 1. The number of hydrogen-bond donors (Lipinski definition) is 1. The lowest BCUT2D eigenvalue weighted by atomic mass is 9.98. The number of halogens is 1. The van der Waals surface area contributed by atoms with Crippen molar-refractivity contribution in [1.29, 1.82) is 0 Å². The highest BCUT2D eigenvalue weighted by Gasteiger charge is 2.17. The molecule has 3 nitrogen and oxygen atoms in total. The van der Waals surface area contributed by atoms with Gasteiger partial charge in [-0.15, -0.1) is 0 Å². The van der Waals surface area contributed by atoms with Crippen LogP contribution in [0.3, 0.4) is 0 Å². The second kappa shape index (κ2) is 5.85. The maximum atomic E-state index is 11.0. The zero-order valence-electron chi connectivity index (χ0n) is 10.5. The van der Waals surface area contributed by atoms with Crippen LogP contribution in [0.5, 0.6) is 0 Å². The van der Waals surface area contributed by atoms with Gasteiger partial charge in [0.25, 0.3) is 0 Å². The molecule has 0 amide bonds. The lowest BCUT2D eigenvalue weighted by Gasteiger charge is -2.30. The van der Waals surface area contributed by atoms with E-state index < -0.39 is 5.97 Å². The molecule has 0 unspecified atom stereocenters. The normalized spacial score (nSPS) is 17.9. The minimum Gasteiger partial charge on any atom is -0.478 e. The van der Waals surface area contributed by atoms with Gasteiger partial charge in [-0.05, 0) is 55.6 Å². The first-order valence-corrected chi connectivity index (χ1v) is 7.09. The van der Waals surface area contributed by atoms with E-state index in [2.05, 4.69) is 27.8 Å². The van der Waals surface area contributed by atoms with Gasteiger partial charge in [0.2, 0.25) is 0 Å². The highest BCUT2D eigenvalue weighted by molar-refractivity contribution is 9.10. The van der Waals surface area contributed by atoms with E-state index in [-0.39, 0.29) is 0 Å². The van der Waals surface area contributed by atoms with E-state index in [1.54, 1.807) is 12.1 Å². The Kier molecular flexibility index (Phi) is 4.40. The molecule has 0 bridgehead atoms. The predicted molar refractivity (Wildman–Crippen MR) is 74.8 cm³/mol. The number of benzene rings is 1. The van der Waals surface area contributed by atoms with Crippen molar-refractivity contribution >= 4 is 21.9 Å². The summed E-state index contributed by atoms with van der Waals surface area (Å²) < 4.78 is 0.992. The third-order valence-electron chi connectivity index (χ3n) is 3.56. The third-order valence-corrected chi connectivity index (χ3v) is 4.34. The number of hydrogen-bond acceptors (Lipinski definition) is 2. The second-order valence-corrected chi connectivity index (χ2v) is 5.92. The first-order chi connectivity index (χ1) is 8.56. The van der Waals surface area contributed by atoms with Gasteiger partial charge in [-0.2, -0.15) is 0 Å². The Morgan fingerprint density at radius 2 is 2.11 bits per heavy atom. The van der Waals surface area contributed by atoms with Crippen LogP contribution in [0.25, 0.3) is 0 Å². The molecule has 0 atom stereocenters. The smallest absolute Gasteiger partial charge is 0.335 e. The topological polar surface area (TPSA) is 40.5 Å². The van der Waals surface area contributed by atoms with Gasteiger partial charge in [-0.3, -0.25) is 4.90 Å². The first-order valence-electron chi connectivity index (χ1n) is 6.30. The van der Waals surface area contributed by atoms with Gasteiger partial charge in [-0.1, -0.05) is 22.9 Å². The molecule has 0 saturated carbocycles. The Labute approximate surface area is 116 Å². The molecule has 1 aliphatic heterocycles. The quantitative estimate of drug-likeness (QED) is 0.930. The SMILES string of the molecule is CC1CCN(Cc2cc(C(=O)O)ccc2Br)CC1. The molecular weight excluding hydrogens is 294 g/mol. The van der Waals surface area contributed by atoms with Gasteiger partial charge in [0, 0.05) is 11.0 Å². The molecule has 1 fully saturated rings. The molecule has 0 spiro atoms. The van der Waals surface area contributed by atoms with Crippen molar-refractivity contribution in [3.63, 3.8) is 0 Å². The van der Waals surface area contributed by atoms with Gasteiger partial charge in [-0.25, -0.2) is 4.79 Å². The van der Waals surface area contributed by atoms with Gasteiger partial charge in [0.15, 0.2) is 0 Å². The minimum absolute atomic E-state index is 0.360. The van der Waals surface area contributed by atoms with Crippen LogP contribution in [-0.2, 0) is 6.54 Å². The average Bonchev–Trinajstić information content (AvgIpc) is 2.34. The zero-order valence-corrected chi connectivity index (χ0v) is 12.1. The molecule has 1 saturated heterocycles. The number of carboxylic acid groups (broad SMARTS) is 1. The summed E-state index contributed by atoms with van der Waals surface area (Å²) in [5, 5.41) is 9.01. The van der Waals surface area contributed by atoms with E-state index >= 15 is 0 Å². The van der Waals surface area contributed by atoms with Gasteiger partial charge in [0.05, 0.1) is 5.56 Å². The van der Waals surface area contributed by atoms with E-state index in [0.29, 0.717) is 5.56 Å². The fourth-order valence-corrected chi connectivity index (χ4v) is 2.66. The number of rotatable bonds is 3. The van der Waals surface area contributed by atoms with Crippen LogP contribution in [0.2, 0.25) is 0 Å². The summed E-state index contributed by atoms with van der Waals surface area (Å²) in [6, 6.07) is 5.23. The first kappa shape index (κ1) is 13.6. The molecule has 1 N–H and O–H groups in total. The summed E-state index contributed by atoms with van der Waals surface area (Å²) in [6.07, 6.45) is 2.46. The summed E-state index contributed by atoms with van der Waals surface area (Å²) in [5.41, 5.74) is 1.42. The Hall–Kier alpha value is -0.870. The van der Waals surface area contributed by atoms with Crippen LogP contribution >= 0.6 is 15.9 Å². The van der Waals surface area contributed by atoms with E-state index in [1.807, 2.05) is 6.07 Å². The average molecular weight is 312 g/mol. The molecule has 18 heavy (non-hydrogen) atoms. The van der Waals surface area contributed by atoms with Crippen LogP contribution in [0, 0.1) is 5.92 Å². The van der Waals surface area contributed by atoms with Crippen molar-refractivity contribution in [2.45, 2.75) is 26.3 Å². The van der Waals surface area contributed by atoms with Crippen molar-refractivity contribution in [2.24, 2.45) is 5.92 Å². The van der Waals surface area contributed by atoms with Crippen LogP contribution in [0.1, 0.15) is 35.7 Å². The van der Waals surface area contributed by atoms with Crippen LogP contribution in [0.4, 0.5) is 0 Å². The van der Waals surface area contributed by atoms with E-state index in [9.17, 15) is 4.79 Å². The summed E-state index contributed by atoms with van der Waals surface area (Å²) >= 11 is 3.50. The Balaban J connectivity index is 2.08. The predicted octanol–water partition coefficient (Wildman–Crippen LogP) is 3.38. The molecule has 1 aromatic carbocycles. The van der Waals surface area contributed by atoms with Crippen LogP contribution < -0.4 is 0 Å². The van der Waals surface area contributed by atoms with Crippen LogP contribution in [-0.4, -0.2) is 29.1 Å². The summed E-state index contributed by atoms with van der Waals surface area (Å²) in [7, 11) is 0. The van der Waals surface area contributed by atoms with Crippen LogP contribution in [0.15, 0.2) is 22.7 Å². The minimum atomic E-state index is -0.865. The molecule has 0 radical (unpaired) electrons. The van der Waals surface area contributed by atoms with Gasteiger partial charge < -0.3 is 5.11 Å². The van der Waals surface area contributed by atoms with E-state index in [4.69, 9.17) is 5.11 Å². The van der Waals surface area contributed by atoms with Gasteiger partial charge in [0.1, 0.15) is 0 Å². The largest absolute Gasteiger partial charge is 0.478 e. The maximum absolute atomic E-state index is 11.0. The molecule has 2 rings (SSSR count). The molecule has 1 aromatic rings. The van der Waals surface area contributed by atoms with Crippen molar-refractivity contribution in [3.8, 4) is 0 Å². The summed E-state index contributed by atoms with van der Waals surface area (Å²) in [4.78, 5) is 13.4. The number of likely N-dealkylation sites (tertiary alicyclic amines) is 1. The van der Waals surface area contributed by atoms with Crippen molar-refractivity contribution in [1.82, 2.24) is 4.90 Å². The molecule has 1 heterocycles. The number of aromatic carboxylic acids is 1. The molecule has 4 heteroatoms. The highest BCUT2D eigenvalue weighted by atomic mass is 79.9. The number of nitrogens with zero attached hydrogens (tertiary/aromatic N) is 1. The van der Waals surface area contributed by atoms with Crippen molar-refractivity contribution < 1.29 is 9.90 Å².